The van der Waals surface area contributed by atoms with Gasteiger partial charge in [0.15, 0.2) is 0 Å². The fourth-order valence-electron chi connectivity index (χ4n) is 1.57. The molecule has 0 aliphatic heterocycles. The molecular formula is C13H16N2O4S. The van der Waals surface area contributed by atoms with Gasteiger partial charge in [-0.05, 0) is 31.5 Å². The molecule has 1 aromatic rings. The summed E-state index contributed by atoms with van der Waals surface area (Å²) in [6, 6.07) is 7.43. The molecule has 0 spiro atoms. The number of sulfonamides is 1. The van der Waals surface area contributed by atoms with Gasteiger partial charge in [0.05, 0.1) is 23.6 Å². The van der Waals surface area contributed by atoms with Gasteiger partial charge in [-0.1, -0.05) is 13.0 Å². The van der Waals surface area contributed by atoms with Crippen LogP contribution in [-0.2, 0) is 19.6 Å². The zero-order chi connectivity index (χ0) is 15.4. The summed E-state index contributed by atoms with van der Waals surface area (Å²) in [6.07, 6.45) is 0.233. The van der Waals surface area contributed by atoms with Crippen molar-refractivity contribution in [3.8, 4) is 6.07 Å². The first-order valence-electron chi connectivity index (χ1n) is 5.91. The number of nitrogens with zero attached hydrogens (tertiary/aromatic N) is 1. The first-order valence-corrected chi connectivity index (χ1v) is 7.40. The minimum atomic E-state index is -3.92. The number of methoxy groups -OCH3 is 1. The van der Waals surface area contributed by atoms with Crippen LogP contribution in [0.5, 0.6) is 0 Å². The molecule has 0 aliphatic carbocycles. The van der Waals surface area contributed by atoms with Crippen molar-refractivity contribution in [3.63, 3.8) is 0 Å². The van der Waals surface area contributed by atoms with Gasteiger partial charge < -0.3 is 4.74 Å². The number of nitriles is 1. The maximum atomic E-state index is 12.3. The van der Waals surface area contributed by atoms with Crippen LogP contribution < -0.4 is 4.72 Å². The number of carbonyl (C=O) groups is 1. The molecule has 6 nitrogen and oxygen atoms in total. The minimum Gasteiger partial charge on any atom is -0.468 e. The smallest absolute Gasteiger partial charge is 0.326 e. The normalized spacial score (nSPS) is 14.1. The highest BCUT2D eigenvalue weighted by molar-refractivity contribution is 7.89. The van der Waals surface area contributed by atoms with Gasteiger partial charge in [0.25, 0.3) is 0 Å². The summed E-state index contributed by atoms with van der Waals surface area (Å²) >= 11 is 0. The third-order valence-electron chi connectivity index (χ3n) is 2.98. The van der Waals surface area contributed by atoms with Crippen molar-refractivity contribution in [1.29, 1.82) is 5.26 Å². The Morgan fingerprint density at radius 3 is 2.65 bits per heavy atom. The molecule has 0 saturated carbocycles. The number of carbonyl (C=O) groups excluding carboxylic acids is 1. The van der Waals surface area contributed by atoms with E-state index in [-0.39, 0.29) is 16.9 Å². The molecule has 0 unspecified atom stereocenters. The fourth-order valence-corrected chi connectivity index (χ4v) is 3.05. The van der Waals surface area contributed by atoms with Gasteiger partial charge in [0.1, 0.15) is 5.54 Å². The average molecular weight is 296 g/mol. The number of ether oxygens (including phenoxy) is 1. The van der Waals surface area contributed by atoms with Crippen molar-refractivity contribution >= 4 is 16.0 Å². The zero-order valence-corrected chi connectivity index (χ0v) is 12.3. The topological polar surface area (TPSA) is 96.3 Å². The summed E-state index contributed by atoms with van der Waals surface area (Å²) in [5, 5.41) is 8.79. The van der Waals surface area contributed by atoms with Crippen LogP contribution in [0.3, 0.4) is 0 Å². The van der Waals surface area contributed by atoms with Gasteiger partial charge in [-0.3, -0.25) is 4.79 Å². The first kappa shape index (κ1) is 16.1. The van der Waals surface area contributed by atoms with Gasteiger partial charge in [0.2, 0.25) is 10.0 Å². The second-order valence-electron chi connectivity index (χ2n) is 4.42. The highest BCUT2D eigenvalue weighted by Gasteiger charge is 2.37. The van der Waals surface area contributed by atoms with Crippen molar-refractivity contribution in [3.05, 3.63) is 29.8 Å². The lowest BCUT2D eigenvalue weighted by molar-refractivity contribution is -0.147. The number of hydrogen-bond acceptors (Lipinski definition) is 5. The van der Waals surface area contributed by atoms with Gasteiger partial charge in [-0.25, -0.2) is 8.42 Å². The highest BCUT2D eigenvalue weighted by atomic mass is 32.2. The number of rotatable bonds is 5. The molecule has 108 valence electrons. The summed E-state index contributed by atoms with van der Waals surface area (Å²) in [5.74, 6) is -0.667. The molecule has 0 radical (unpaired) electrons. The molecule has 0 bridgehead atoms. The van der Waals surface area contributed by atoms with Crippen LogP contribution >= 0.6 is 0 Å². The Kier molecular flexibility index (Phi) is 4.87. The average Bonchev–Trinajstić information content (AvgIpc) is 2.45. The summed E-state index contributed by atoms with van der Waals surface area (Å²) in [6.45, 7) is 3.12. The Labute approximate surface area is 118 Å². The van der Waals surface area contributed by atoms with Crippen molar-refractivity contribution in [2.45, 2.75) is 30.7 Å². The van der Waals surface area contributed by atoms with Crippen LogP contribution in [-0.4, -0.2) is 27.0 Å². The van der Waals surface area contributed by atoms with E-state index in [0.29, 0.717) is 0 Å². The largest absolute Gasteiger partial charge is 0.468 e. The second kappa shape index (κ2) is 6.03. The van der Waals surface area contributed by atoms with Gasteiger partial charge in [-0.15, -0.1) is 0 Å². The monoisotopic (exact) mass is 296 g/mol. The van der Waals surface area contributed by atoms with E-state index in [9.17, 15) is 13.2 Å². The molecule has 20 heavy (non-hydrogen) atoms. The number of hydrogen-bond donors (Lipinski definition) is 1. The van der Waals surface area contributed by atoms with E-state index in [1.807, 2.05) is 6.07 Å². The van der Waals surface area contributed by atoms with Crippen LogP contribution in [0.4, 0.5) is 0 Å². The Bertz CT molecular complexity index is 649. The van der Waals surface area contributed by atoms with Crippen LogP contribution in [0.1, 0.15) is 25.8 Å². The van der Waals surface area contributed by atoms with Gasteiger partial charge in [-0.2, -0.15) is 9.98 Å². The predicted molar refractivity (Wildman–Crippen MR) is 72.2 cm³/mol. The maximum Gasteiger partial charge on any atom is 0.326 e. The fraction of sp³-hybridized carbons (Fsp3) is 0.385. The molecule has 1 N–H and O–H groups in total. The number of esters is 1. The molecule has 0 saturated heterocycles. The van der Waals surface area contributed by atoms with E-state index in [4.69, 9.17) is 5.26 Å². The summed E-state index contributed by atoms with van der Waals surface area (Å²) < 4.78 is 31.5. The summed E-state index contributed by atoms with van der Waals surface area (Å²) in [4.78, 5) is 11.6. The third kappa shape index (κ3) is 3.35. The Balaban J connectivity index is 3.17. The van der Waals surface area contributed by atoms with Gasteiger partial charge in [0, 0.05) is 0 Å². The second-order valence-corrected chi connectivity index (χ2v) is 6.10. The summed E-state index contributed by atoms with van der Waals surface area (Å²) in [7, 11) is -2.72. The SMILES string of the molecule is CC[C@@](C)(NS(=O)(=O)c1cccc(C#N)c1)C(=O)OC. The zero-order valence-electron chi connectivity index (χ0n) is 11.5. The molecule has 0 aromatic heterocycles. The molecule has 1 aromatic carbocycles. The van der Waals surface area contributed by atoms with Crippen LogP contribution in [0.25, 0.3) is 0 Å². The van der Waals surface area contributed by atoms with Crippen LogP contribution in [0, 0.1) is 11.3 Å². The lowest BCUT2D eigenvalue weighted by atomic mass is 10.0. The highest BCUT2D eigenvalue weighted by Crippen LogP contribution is 2.18. The van der Waals surface area contributed by atoms with E-state index in [1.165, 1.54) is 38.3 Å². The Hall–Kier alpha value is -1.91. The van der Waals surface area contributed by atoms with Crippen molar-refractivity contribution in [1.82, 2.24) is 4.72 Å². The number of nitrogens with one attached hydrogen (secondary N) is 1. The third-order valence-corrected chi connectivity index (χ3v) is 4.57. The maximum absolute atomic E-state index is 12.3. The van der Waals surface area contributed by atoms with Crippen LogP contribution in [0.15, 0.2) is 29.2 Å². The Morgan fingerprint density at radius 1 is 1.50 bits per heavy atom. The Morgan fingerprint density at radius 2 is 2.15 bits per heavy atom. The van der Waals surface area contributed by atoms with Crippen molar-refractivity contribution in [2.75, 3.05) is 7.11 Å². The standard InChI is InChI=1S/C13H16N2O4S/c1-4-13(2,12(16)19-3)15-20(17,18)11-7-5-6-10(8-11)9-14/h5-8,15H,4H2,1-3H3/t13-/m1/s1. The quantitative estimate of drug-likeness (QED) is 0.823. The van der Waals surface area contributed by atoms with Crippen LogP contribution in [0.2, 0.25) is 0 Å². The predicted octanol–water partition coefficient (Wildman–Crippen LogP) is 1.18. The molecule has 0 amide bonds. The minimum absolute atomic E-state index is 0.0693. The summed E-state index contributed by atoms with van der Waals surface area (Å²) in [5.41, 5.74) is -1.12. The number of benzene rings is 1. The van der Waals surface area contributed by atoms with E-state index in [0.717, 1.165) is 0 Å². The molecular weight excluding hydrogens is 280 g/mol. The molecule has 0 heterocycles. The van der Waals surface area contributed by atoms with Gasteiger partial charge >= 0.3 is 5.97 Å². The molecule has 0 aliphatic rings. The lowest BCUT2D eigenvalue weighted by Gasteiger charge is -2.26. The van der Waals surface area contributed by atoms with Crippen molar-refractivity contribution < 1.29 is 17.9 Å². The lowest BCUT2D eigenvalue weighted by Crippen LogP contribution is -2.52. The molecule has 7 heteroatoms. The van der Waals surface area contributed by atoms with Crippen molar-refractivity contribution in [2.24, 2.45) is 0 Å². The molecule has 1 atom stereocenters. The molecule has 1 rings (SSSR count). The van der Waals surface area contributed by atoms with E-state index in [1.54, 1.807) is 6.92 Å². The first-order chi connectivity index (χ1) is 9.29. The molecule has 0 fully saturated rings. The van der Waals surface area contributed by atoms with E-state index >= 15 is 0 Å². The van der Waals surface area contributed by atoms with E-state index < -0.39 is 21.5 Å². The van der Waals surface area contributed by atoms with E-state index in [2.05, 4.69) is 9.46 Å².